The first kappa shape index (κ1) is 16.2. The molecule has 24 heavy (non-hydrogen) atoms. The summed E-state index contributed by atoms with van der Waals surface area (Å²) in [4.78, 5) is 14.3. The van der Waals surface area contributed by atoms with Crippen molar-refractivity contribution in [2.75, 3.05) is 31.2 Å². The van der Waals surface area contributed by atoms with Crippen molar-refractivity contribution in [2.24, 2.45) is 0 Å². The van der Waals surface area contributed by atoms with Gasteiger partial charge in [0.2, 0.25) is 5.88 Å². The Labute approximate surface area is 140 Å². The van der Waals surface area contributed by atoms with Crippen molar-refractivity contribution in [3.8, 4) is 5.75 Å². The molecule has 1 aliphatic rings. The number of methoxy groups -OCH3 is 1. The van der Waals surface area contributed by atoms with Crippen LogP contribution < -0.4 is 15.8 Å². The number of likely N-dealkylation sites (tertiary alicyclic amines) is 1. The fraction of sp³-hybridized carbons (Fsp3) is 0.412. The summed E-state index contributed by atoms with van der Waals surface area (Å²) in [5.41, 5.74) is 8.19. The number of nitrogens with two attached hydrogens (primary N) is 1. The quantitative estimate of drug-likeness (QED) is 0.902. The van der Waals surface area contributed by atoms with Crippen LogP contribution in [0.2, 0.25) is 0 Å². The molecule has 0 spiro atoms. The number of nitrogens with one attached hydrogen (secondary N) is 1. The van der Waals surface area contributed by atoms with Gasteiger partial charge in [0, 0.05) is 25.1 Å². The van der Waals surface area contributed by atoms with Crippen LogP contribution in [0.15, 0.2) is 28.8 Å². The number of nitrogens with zero attached hydrogens (tertiary/aromatic N) is 2. The van der Waals surface area contributed by atoms with Crippen LogP contribution in [-0.4, -0.2) is 36.3 Å². The van der Waals surface area contributed by atoms with Gasteiger partial charge in [-0.2, -0.15) is 0 Å². The van der Waals surface area contributed by atoms with E-state index in [0.717, 1.165) is 24.1 Å². The van der Waals surface area contributed by atoms with Crippen molar-refractivity contribution in [3.63, 3.8) is 0 Å². The predicted molar refractivity (Wildman–Crippen MR) is 91.2 cm³/mol. The van der Waals surface area contributed by atoms with Crippen molar-refractivity contribution in [2.45, 2.75) is 25.7 Å². The minimum Gasteiger partial charge on any atom is -0.495 e. The number of hydrogen-bond donors (Lipinski definition) is 2. The molecule has 3 rings (SSSR count). The molecule has 2 amide bonds. The molecule has 0 unspecified atom stereocenters. The number of piperidine rings is 1. The van der Waals surface area contributed by atoms with Crippen LogP contribution >= 0.6 is 0 Å². The first-order chi connectivity index (χ1) is 11.6. The SMILES string of the molecule is COc1ccc(C)cc1NC(=O)N1CCC(c2cc(N)on2)CC1. The van der Waals surface area contributed by atoms with Gasteiger partial charge < -0.3 is 25.2 Å². The molecular weight excluding hydrogens is 308 g/mol. The molecule has 0 bridgehead atoms. The molecular formula is C17H22N4O3. The Kier molecular flexibility index (Phi) is 4.59. The van der Waals surface area contributed by atoms with E-state index in [-0.39, 0.29) is 11.9 Å². The van der Waals surface area contributed by atoms with Crippen LogP contribution in [-0.2, 0) is 0 Å². The summed E-state index contributed by atoms with van der Waals surface area (Å²) >= 11 is 0. The number of anilines is 2. The Hall–Kier alpha value is -2.70. The largest absolute Gasteiger partial charge is 0.495 e. The first-order valence-corrected chi connectivity index (χ1v) is 7.99. The number of benzene rings is 1. The van der Waals surface area contributed by atoms with E-state index < -0.39 is 0 Å². The molecule has 7 nitrogen and oxygen atoms in total. The van der Waals surface area contributed by atoms with Gasteiger partial charge in [-0.15, -0.1) is 0 Å². The Balaban J connectivity index is 1.60. The van der Waals surface area contributed by atoms with Gasteiger partial charge in [-0.25, -0.2) is 4.79 Å². The highest BCUT2D eigenvalue weighted by Crippen LogP contribution is 2.29. The average molecular weight is 330 g/mol. The number of hydrogen-bond acceptors (Lipinski definition) is 5. The van der Waals surface area contributed by atoms with Crippen molar-refractivity contribution in [3.05, 3.63) is 35.5 Å². The normalized spacial score (nSPS) is 15.3. The Bertz CT molecular complexity index is 720. The van der Waals surface area contributed by atoms with E-state index in [0.29, 0.717) is 30.4 Å². The summed E-state index contributed by atoms with van der Waals surface area (Å²) in [7, 11) is 1.59. The van der Waals surface area contributed by atoms with E-state index in [1.165, 1.54) is 0 Å². The fourth-order valence-corrected chi connectivity index (χ4v) is 2.99. The van der Waals surface area contributed by atoms with E-state index in [4.69, 9.17) is 15.0 Å². The summed E-state index contributed by atoms with van der Waals surface area (Å²) < 4.78 is 10.2. The van der Waals surface area contributed by atoms with Crippen molar-refractivity contribution >= 4 is 17.6 Å². The molecule has 2 aromatic rings. The molecule has 1 aliphatic heterocycles. The third-order valence-corrected chi connectivity index (χ3v) is 4.34. The number of urea groups is 1. The second-order valence-electron chi connectivity index (χ2n) is 6.05. The zero-order valence-corrected chi connectivity index (χ0v) is 13.9. The number of aromatic nitrogens is 1. The summed E-state index contributed by atoms with van der Waals surface area (Å²) in [6, 6.07) is 7.35. The number of nitrogen functional groups attached to an aromatic ring is 1. The van der Waals surface area contributed by atoms with Crippen molar-refractivity contribution in [1.29, 1.82) is 0 Å². The van der Waals surface area contributed by atoms with Gasteiger partial charge in [-0.1, -0.05) is 11.2 Å². The standard InChI is InChI=1S/C17H22N4O3/c1-11-3-4-15(23-2)14(9-11)19-17(22)21-7-5-12(6-8-21)13-10-16(18)24-20-13/h3-4,9-10,12H,5-8,18H2,1-2H3,(H,19,22). The number of carbonyl (C=O) groups excluding carboxylic acids is 1. The average Bonchev–Trinajstić information content (AvgIpc) is 3.02. The highest BCUT2D eigenvalue weighted by molar-refractivity contribution is 5.91. The van der Waals surface area contributed by atoms with Crippen LogP contribution in [0.25, 0.3) is 0 Å². The Morgan fingerprint density at radius 2 is 2.12 bits per heavy atom. The van der Waals surface area contributed by atoms with Gasteiger partial charge in [0.15, 0.2) is 0 Å². The second kappa shape index (κ2) is 6.82. The summed E-state index contributed by atoms with van der Waals surface area (Å²) in [6.07, 6.45) is 1.68. The maximum atomic E-state index is 12.5. The third-order valence-electron chi connectivity index (χ3n) is 4.34. The molecule has 1 aromatic carbocycles. The number of amides is 2. The zero-order valence-electron chi connectivity index (χ0n) is 13.9. The third kappa shape index (κ3) is 3.45. The monoisotopic (exact) mass is 330 g/mol. The Morgan fingerprint density at radius 3 is 2.75 bits per heavy atom. The van der Waals surface area contributed by atoms with Gasteiger partial charge in [-0.3, -0.25) is 0 Å². The van der Waals surface area contributed by atoms with Gasteiger partial charge in [0.25, 0.3) is 0 Å². The highest BCUT2D eigenvalue weighted by Gasteiger charge is 2.26. The van der Waals surface area contributed by atoms with Crippen LogP contribution in [0.3, 0.4) is 0 Å². The minimum absolute atomic E-state index is 0.114. The van der Waals surface area contributed by atoms with E-state index >= 15 is 0 Å². The lowest BCUT2D eigenvalue weighted by Crippen LogP contribution is -2.40. The molecule has 0 aliphatic carbocycles. The van der Waals surface area contributed by atoms with Crippen LogP contribution in [0.1, 0.15) is 30.0 Å². The molecule has 2 heterocycles. The van der Waals surface area contributed by atoms with Gasteiger partial charge in [0.05, 0.1) is 18.5 Å². The van der Waals surface area contributed by atoms with Crippen LogP contribution in [0.4, 0.5) is 16.4 Å². The van der Waals surface area contributed by atoms with Crippen molar-refractivity contribution < 1.29 is 14.1 Å². The molecule has 0 atom stereocenters. The maximum Gasteiger partial charge on any atom is 0.321 e. The smallest absolute Gasteiger partial charge is 0.321 e. The molecule has 128 valence electrons. The maximum absolute atomic E-state index is 12.5. The molecule has 0 radical (unpaired) electrons. The van der Waals surface area contributed by atoms with E-state index in [1.807, 2.05) is 30.0 Å². The summed E-state index contributed by atoms with van der Waals surface area (Å²) in [6.45, 7) is 3.30. The van der Waals surface area contributed by atoms with Crippen LogP contribution in [0.5, 0.6) is 5.75 Å². The summed E-state index contributed by atoms with van der Waals surface area (Å²) in [5.74, 6) is 1.27. The van der Waals surface area contributed by atoms with Gasteiger partial charge in [-0.05, 0) is 37.5 Å². The van der Waals surface area contributed by atoms with E-state index in [9.17, 15) is 4.79 Å². The zero-order chi connectivity index (χ0) is 17.1. The number of ether oxygens (including phenoxy) is 1. The van der Waals surface area contributed by atoms with Crippen molar-refractivity contribution in [1.82, 2.24) is 10.1 Å². The second-order valence-corrected chi connectivity index (χ2v) is 6.05. The van der Waals surface area contributed by atoms with Crippen LogP contribution in [0, 0.1) is 6.92 Å². The lowest BCUT2D eigenvalue weighted by Gasteiger charge is -2.31. The lowest BCUT2D eigenvalue weighted by molar-refractivity contribution is 0.193. The molecule has 0 saturated carbocycles. The predicted octanol–water partition coefficient (Wildman–Crippen LogP) is 2.99. The highest BCUT2D eigenvalue weighted by atomic mass is 16.5. The van der Waals surface area contributed by atoms with Gasteiger partial charge in [0.1, 0.15) is 5.75 Å². The topological polar surface area (TPSA) is 93.6 Å². The van der Waals surface area contributed by atoms with Gasteiger partial charge >= 0.3 is 6.03 Å². The molecule has 7 heteroatoms. The lowest BCUT2D eigenvalue weighted by atomic mass is 9.94. The molecule has 1 saturated heterocycles. The number of aryl methyl sites for hydroxylation is 1. The number of carbonyl (C=O) groups is 1. The molecule has 3 N–H and O–H groups in total. The van der Waals surface area contributed by atoms with E-state index in [2.05, 4.69) is 10.5 Å². The molecule has 1 aromatic heterocycles. The van der Waals surface area contributed by atoms with E-state index in [1.54, 1.807) is 13.2 Å². The Morgan fingerprint density at radius 1 is 1.38 bits per heavy atom. The number of rotatable bonds is 3. The minimum atomic E-state index is -0.114. The fourth-order valence-electron chi connectivity index (χ4n) is 2.99. The molecule has 1 fully saturated rings. The summed E-state index contributed by atoms with van der Waals surface area (Å²) in [5, 5.41) is 6.91. The first-order valence-electron chi connectivity index (χ1n) is 7.99.